The van der Waals surface area contributed by atoms with Gasteiger partial charge in [0.15, 0.2) is 0 Å². The zero-order valence-electron chi connectivity index (χ0n) is 10.3. The van der Waals surface area contributed by atoms with Crippen molar-refractivity contribution in [3.05, 3.63) is 0 Å². The van der Waals surface area contributed by atoms with Gasteiger partial charge in [-0.15, -0.1) is 0 Å². The molecule has 3 nitrogen and oxygen atoms in total. The number of nitrogens with two attached hydrogens (primary N) is 1. The lowest BCUT2D eigenvalue weighted by Crippen LogP contribution is -2.55. The Morgan fingerprint density at radius 2 is 2.13 bits per heavy atom. The van der Waals surface area contributed by atoms with Crippen LogP contribution in [-0.4, -0.2) is 29.0 Å². The SMILES string of the molecule is CCCNC(C)(CSC(C)CC)C(N)=O. The molecule has 1 amide bonds. The van der Waals surface area contributed by atoms with Crippen molar-refractivity contribution >= 4 is 17.7 Å². The first-order chi connectivity index (χ1) is 6.96. The summed E-state index contributed by atoms with van der Waals surface area (Å²) < 4.78 is 0. The number of hydrogen-bond acceptors (Lipinski definition) is 3. The molecule has 0 aromatic carbocycles. The molecule has 2 unspecified atom stereocenters. The van der Waals surface area contributed by atoms with Gasteiger partial charge in [-0.3, -0.25) is 4.79 Å². The summed E-state index contributed by atoms with van der Waals surface area (Å²) >= 11 is 1.80. The van der Waals surface area contributed by atoms with Gasteiger partial charge in [0.25, 0.3) is 0 Å². The molecular formula is C11H24N2OS. The van der Waals surface area contributed by atoms with Crippen LogP contribution in [0.4, 0.5) is 0 Å². The predicted octanol–water partition coefficient (Wildman–Crippen LogP) is 1.76. The van der Waals surface area contributed by atoms with Crippen LogP contribution in [0.2, 0.25) is 0 Å². The molecule has 0 rings (SSSR count). The summed E-state index contributed by atoms with van der Waals surface area (Å²) in [4.78, 5) is 11.4. The summed E-state index contributed by atoms with van der Waals surface area (Å²) in [5.74, 6) is 0.490. The average Bonchev–Trinajstić information content (AvgIpc) is 2.22. The van der Waals surface area contributed by atoms with Crippen LogP contribution in [0.3, 0.4) is 0 Å². The van der Waals surface area contributed by atoms with Gasteiger partial charge in [0.05, 0.1) is 0 Å². The van der Waals surface area contributed by atoms with Crippen molar-refractivity contribution in [1.82, 2.24) is 5.32 Å². The van der Waals surface area contributed by atoms with E-state index in [4.69, 9.17) is 5.73 Å². The van der Waals surface area contributed by atoms with Crippen LogP contribution in [-0.2, 0) is 4.79 Å². The van der Waals surface area contributed by atoms with E-state index in [2.05, 4.69) is 26.1 Å². The lowest BCUT2D eigenvalue weighted by molar-refractivity contribution is -0.122. The van der Waals surface area contributed by atoms with Gasteiger partial charge in [-0.2, -0.15) is 11.8 Å². The van der Waals surface area contributed by atoms with E-state index < -0.39 is 5.54 Å². The second-order valence-corrected chi connectivity index (χ2v) is 5.58. The van der Waals surface area contributed by atoms with Crippen molar-refractivity contribution in [2.24, 2.45) is 5.73 Å². The summed E-state index contributed by atoms with van der Waals surface area (Å²) in [6, 6.07) is 0. The molecule has 0 bridgehead atoms. The fourth-order valence-electron chi connectivity index (χ4n) is 1.04. The average molecular weight is 232 g/mol. The summed E-state index contributed by atoms with van der Waals surface area (Å²) in [5, 5.41) is 3.81. The Labute approximate surface area is 97.6 Å². The number of amides is 1. The lowest BCUT2D eigenvalue weighted by Gasteiger charge is -2.28. The first kappa shape index (κ1) is 14.8. The van der Waals surface area contributed by atoms with E-state index in [0.717, 1.165) is 25.1 Å². The maximum absolute atomic E-state index is 11.4. The molecule has 0 aliphatic rings. The van der Waals surface area contributed by atoms with Crippen LogP contribution in [0, 0.1) is 0 Å². The minimum Gasteiger partial charge on any atom is -0.368 e. The maximum Gasteiger partial charge on any atom is 0.238 e. The zero-order chi connectivity index (χ0) is 11.9. The van der Waals surface area contributed by atoms with E-state index in [-0.39, 0.29) is 5.91 Å². The molecule has 4 heteroatoms. The van der Waals surface area contributed by atoms with Crippen LogP contribution in [0.15, 0.2) is 0 Å². The van der Waals surface area contributed by atoms with Crippen molar-refractivity contribution in [2.45, 2.75) is 51.3 Å². The molecule has 2 atom stereocenters. The summed E-state index contributed by atoms with van der Waals surface area (Å²) in [7, 11) is 0. The fourth-order valence-corrected chi connectivity index (χ4v) is 2.13. The number of rotatable bonds is 8. The quantitative estimate of drug-likeness (QED) is 0.670. The highest BCUT2D eigenvalue weighted by Gasteiger charge is 2.30. The third-order valence-electron chi connectivity index (χ3n) is 2.54. The van der Waals surface area contributed by atoms with Crippen LogP contribution in [0.5, 0.6) is 0 Å². The molecule has 0 saturated heterocycles. The van der Waals surface area contributed by atoms with Gasteiger partial charge in [-0.25, -0.2) is 0 Å². The zero-order valence-corrected chi connectivity index (χ0v) is 11.1. The summed E-state index contributed by atoms with van der Waals surface area (Å²) in [6.07, 6.45) is 2.13. The number of primary amides is 1. The number of hydrogen-bond donors (Lipinski definition) is 2. The van der Waals surface area contributed by atoms with Gasteiger partial charge < -0.3 is 11.1 Å². The van der Waals surface area contributed by atoms with Gasteiger partial charge in [0.2, 0.25) is 5.91 Å². The summed E-state index contributed by atoms with van der Waals surface area (Å²) in [5.41, 5.74) is 4.86. The number of nitrogens with one attached hydrogen (secondary N) is 1. The minimum atomic E-state index is -0.565. The van der Waals surface area contributed by atoms with E-state index in [9.17, 15) is 4.79 Å². The maximum atomic E-state index is 11.4. The van der Waals surface area contributed by atoms with Crippen LogP contribution in [0.1, 0.15) is 40.5 Å². The molecule has 0 spiro atoms. The molecule has 3 N–H and O–H groups in total. The highest BCUT2D eigenvalue weighted by atomic mass is 32.2. The predicted molar refractivity (Wildman–Crippen MR) is 68.1 cm³/mol. The van der Waals surface area contributed by atoms with Crippen molar-refractivity contribution in [1.29, 1.82) is 0 Å². The molecule has 0 aromatic rings. The topological polar surface area (TPSA) is 55.1 Å². The van der Waals surface area contributed by atoms with Gasteiger partial charge in [0, 0.05) is 11.0 Å². The number of carbonyl (C=O) groups excluding carboxylic acids is 1. The van der Waals surface area contributed by atoms with Crippen LogP contribution >= 0.6 is 11.8 Å². The Kier molecular flexibility index (Phi) is 7.02. The normalized spacial score (nSPS) is 17.1. The van der Waals surface area contributed by atoms with E-state index >= 15 is 0 Å². The molecule has 0 heterocycles. The minimum absolute atomic E-state index is 0.258. The molecule has 0 aromatic heterocycles. The molecule has 0 aliphatic heterocycles. The third kappa shape index (κ3) is 5.42. The van der Waals surface area contributed by atoms with Gasteiger partial charge in [-0.1, -0.05) is 20.8 Å². The Bertz CT molecular complexity index is 199. The smallest absolute Gasteiger partial charge is 0.238 e. The first-order valence-electron chi connectivity index (χ1n) is 5.62. The lowest BCUT2D eigenvalue weighted by atomic mass is 10.0. The molecule has 90 valence electrons. The van der Waals surface area contributed by atoms with Crippen molar-refractivity contribution in [2.75, 3.05) is 12.3 Å². The largest absolute Gasteiger partial charge is 0.368 e. The van der Waals surface area contributed by atoms with Crippen LogP contribution < -0.4 is 11.1 Å². The number of carbonyl (C=O) groups is 1. The second-order valence-electron chi connectivity index (χ2n) is 4.15. The Balaban J connectivity index is 4.19. The van der Waals surface area contributed by atoms with Crippen molar-refractivity contribution < 1.29 is 4.79 Å². The molecular weight excluding hydrogens is 208 g/mol. The van der Waals surface area contributed by atoms with Crippen molar-refractivity contribution in [3.63, 3.8) is 0 Å². The Morgan fingerprint density at radius 3 is 2.53 bits per heavy atom. The second kappa shape index (κ2) is 7.12. The first-order valence-corrected chi connectivity index (χ1v) is 6.67. The van der Waals surface area contributed by atoms with E-state index in [1.165, 1.54) is 0 Å². The Hall–Kier alpha value is -0.220. The highest BCUT2D eigenvalue weighted by Crippen LogP contribution is 2.19. The van der Waals surface area contributed by atoms with E-state index in [1.54, 1.807) is 11.8 Å². The summed E-state index contributed by atoms with van der Waals surface area (Å²) in [6.45, 7) is 9.13. The monoisotopic (exact) mass is 232 g/mol. The molecule has 0 radical (unpaired) electrons. The van der Waals surface area contributed by atoms with Crippen LogP contribution in [0.25, 0.3) is 0 Å². The molecule has 0 aliphatic carbocycles. The van der Waals surface area contributed by atoms with Gasteiger partial charge in [-0.05, 0) is 26.3 Å². The third-order valence-corrected chi connectivity index (χ3v) is 4.19. The molecule has 0 fully saturated rings. The fraction of sp³-hybridized carbons (Fsp3) is 0.909. The van der Waals surface area contributed by atoms with E-state index in [1.807, 2.05) is 6.92 Å². The Morgan fingerprint density at radius 1 is 1.53 bits per heavy atom. The standard InChI is InChI=1S/C11H24N2OS/c1-5-7-13-11(4,10(12)14)8-15-9(3)6-2/h9,13H,5-8H2,1-4H3,(H2,12,14). The number of thioether (sulfide) groups is 1. The van der Waals surface area contributed by atoms with Gasteiger partial charge in [0.1, 0.15) is 5.54 Å². The molecule has 15 heavy (non-hydrogen) atoms. The van der Waals surface area contributed by atoms with Crippen molar-refractivity contribution in [3.8, 4) is 0 Å². The highest BCUT2D eigenvalue weighted by molar-refractivity contribution is 8.00. The molecule has 0 saturated carbocycles. The van der Waals surface area contributed by atoms with E-state index in [0.29, 0.717) is 5.25 Å². The van der Waals surface area contributed by atoms with Gasteiger partial charge >= 0.3 is 0 Å².